The van der Waals surface area contributed by atoms with Crippen molar-refractivity contribution in [3.05, 3.63) is 28.9 Å². The van der Waals surface area contributed by atoms with Crippen molar-refractivity contribution in [2.75, 3.05) is 7.11 Å². The van der Waals surface area contributed by atoms with Gasteiger partial charge in [0.15, 0.2) is 0 Å². The second-order valence-corrected chi connectivity index (χ2v) is 5.07. The van der Waals surface area contributed by atoms with Gasteiger partial charge in [-0.25, -0.2) is 4.98 Å². The minimum atomic E-state index is -0.212. The zero-order valence-corrected chi connectivity index (χ0v) is 11.5. The van der Waals surface area contributed by atoms with E-state index in [2.05, 4.69) is 9.97 Å². The SMILES string of the molecule is CCC(C(=O)OC)c1sc(-c2ccc[nH]2)nc1C. The van der Waals surface area contributed by atoms with Crippen molar-refractivity contribution in [2.45, 2.75) is 26.2 Å². The van der Waals surface area contributed by atoms with Crippen LogP contribution in [0.25, 0.3) is 10.7 Å². The molecule has 0 saturated carbocycles. The molecule has 96 valence electrons. The molecular weight excluding hydrogens is 248 g/mol. The topological polar surface area (TPSA) is 55.0 Å². The largest absolute Gasteiger partial charge is 0.469 e. The Morgan fingerprint density at radius 2 is 2.39 bits per heavy atom. The number of thiazole rings is 1. The molecule has 0 saturated heterocycles. The second kappa shape index (κ2) is 5.35. The van der Waals surface area contributed by atoms with Gasteiger partial charge >= 0.3 is 5.97 Å². The van der Waals surface area contributed by atoms with Crippen LogP contribution in [-0.2, 0) is 9.53 Å². The Hall–Kier alpha value is -1.62. The van der Waals surface area contributed by atoms with E-state index >= 15 is 0 Å². The fourth-order valence-electron chi connectivity index (χ4n) is 1.91. The lowest BCUT2D eigenvalue weighted by Gasteiger charge is -2.10. The highest BCUT2D eigenvalue weighted by atomic mass is 32.1. The molecular formula is C13H16N2O2S. The summed E-state index contributed by atoms with van der Waals surface area (Å²) in [6.45, 7) is 3.92. The van der Waals surface area contributed by atoms with Gasteiger partial charge in [0.2, 0.25) is 0 Å². The summed E-state index contributed by atoms with van der Waals surface area (Å²) in [5, 5.41) is 0.912. The average molecular weight is 264 g/mol. The Bertz CT molecular complexity index is 531. The van der Waals surface area contributed by atoms with E-state index in [0.29, 0.717) is 0 Å². The van der Waals surface area contributed by atoms with Crippen molar-refractivity contribution in [2.24, 2.45) is 0 Å². The summed E-state index contributed by atoms with van der Waals surface area (Å²) in [4.78, 5) is 20.4. The van der Waals surface area contributed by atoms with Gasteiger partial charge in [-0.05, 0) is 25.5 Å². The minimum absolute atomic E-state index is 0.192. The van der Waals surface area contributed by atoms with Crippen molar-refractivity contribution in [3.63, 3.8) is 0 Å². The van der Waals surface area contributed by atoms with Crippen LogP contribution in [0.2, 0.25) is 0 Å². The number of aromatic amines is 1. The molecule has 1 atom stereocenters. The number of aromatic nitrogens is 2. The molecule has 2 heterocycles. The van der Waals surface area contributed by atoms with Crippen LogP contribution >= 0.6 is 11.3 Å². The molecule has 0 amide bonds. The van der Waals surface area contributed by atoms with Crippen LogP contribution < -0.4 is 0 Å². The highest BCUT2D eigenvalue weighted by Crippen LogP contribution is 2.34. The van der Waals surface area contributed by atoms with Gasteiger partial charge in [0.05, 0.1) is 24.4 Å². The van der Waals surface area contributed by atoms with Crippen LogP contribution in [0, 0.1) is 6.92 Å². The van der Waals surface area contributed by atoms with Crippen LogP contribution in [0.15, 0.2) is 18.3 Å². The third-order valence-corrected chi connectivity index (χ3v) is 4.18. The molecule has 2 rings (SSSR count). The van der Waals surface area contributed by atoms with E-state index < -0.39 is 0 Å². The summed E-state index contributed by atoms with van der Waals surface area (Å²) in [5.74, 6) is -0.404. The third-order valence-electron chi connectivity index (χ3n) is 2.87. The normalized spacial score (nSPS) is 12.4. The number of rotatable bonds is 4. The number of hydrogen-bond donors (Lipinski definition) is 1. The number of nitrogens with one attached hydrogen (secondary N) is 1. The third kappa shape index (κ3) is 2.31. The first-order valence-electron chi connectivity index (χ1n) is 5.86. The number of carbonyl (C=O) groups excluding carboxylic acids is 1. The Labute approximate surface area is 110 Å². The number of ether oxygens (including phenoxy) is 1. The number of carbonyl (C=O) groups is 1. The zero-order valence-electron chi connectivity index (χ0n) is 10.7. The lowest BCUT2D eigenvalue weighted by Crippen LogP contribution is -2.13. The number of esters is 1. The van der Waals surface area contributed by atoms with Gasteiger partial charge in [-0.2, -0.15) is 0 Å². The molecule has 0 spiro atoms. The van der Waals surface area contributed by atoms with Crippen molar-refractivity contribution in [3.8, 4) is 10.7 Å². The fourth-order valence-corrected chi connectivity index (χ4v) is 3.14. The van der Waals surface area contributed by atoms with Gasteiger partial charge in [-0.1, -0.05) is 6.92 Å². The van der Waals surface area contributed by atoms with Crippen molar-refractivity contribution < 1.29 is 9.53 Å². The Balaban J connectivity index is 2.37. The summed E-state index contributed by atoms with van der Waals surface area (Å²) in [7, 11) is 1.42. The summed E-state index contributed by atoms with van der Waals surface area (Å²) < 4.78 is 4.84. The second-order valence-electron chi connectivity index (χ2n) is 4.04. The van der Waals surface area contributed by atoms with Crippen LogP contribution in [0.3, 0.4) is 0 Å². The van der Waals surface area contributed by atoms with Crippen molar-refractivity contribution in [1.29, 1.82) is 0 Å². The monoisotopic (exact) mass is 264 g/mol. The first kappa shape index (κ1) is 12.8. The highest BCUT2D eigenvalue weighted by Gasteiger charge is 2.24. The summed E-state index contributed by atoms with van der Waals surface area (Å²) in [6, 6.07) is 3.91. The van der Waals surface area contributed by atoms with Gasteiger partial charge in [0.25, 0.3) is 0 Å². The molecule has 18 heavy (non-hydrogen) atoms. The standard InChI is InChI=1S/C13H16N2O2S/c1-4-9(13(16)17-3)11-8(2)15-12(18-11)10-6-5-7-14-10/h5-7,9,14H,4H2,1-3H3. The van der Waals surface area contributed by atoms with Gasteiger partial charge in [0.1, 0.15) is 5.01 Å². The minimum Gasteiger partial charge on any atom is -0.469 e. The summed E-state index contributed by atoms with van der Waals surface area (Å²) in [5.41, 5.74) is 1.89. The Morgan fingerprint density at radius 1 is 1.61 bits per heavy atom. The van der Waals surface area contributed by atoms with Gasteiger partial charge in [-0.3, -0.25) is 4.79 Å². The number of nitrogens with zero attached hydrogens (tertiary/aromatic N) is 1. The quantitative estimate of drug-likeness (QED) is 0.863. The number of methoxy groups -OCH3 is 1. The Morgan fingerprint density at radius 3 is 2.94 bits per heavy atom. The molecule has 0 aliphatic rings. The van der Waals surface area contributed by atoms with Crippen LogP contribution in [0.1, 0.15) is 29.8 Å². The van der Waals surface area contributed by atoms with Crippen LogP contribution in [-0.4, -0.2) is 23.0 Å². The predicted octanol–water partition coefficient (Wildman–Crippen LogP) is 3.11. The van der Waals surface area contributed by atoms with Crippen LogP contribution in [0.4, 0.5) is 0 Å². The molecule has 0 fully saturated rings. The fraction of sp³-hybridized carbons (Fsp3) is 0.385. The molecule has 0 aliphatic carbocycles. The lowest BCUT2D eigenvalue weighted by atomic mass is 10.0. The highest BCUT2D eigenvalue weighted by molar-refractivity contribution is 7.15. The number of H-pyrrole nitrogens is 1. The molecule has 1 N–H and O–H groups in total. The van der Waals surface area contributed by atoms with E-state index in [9.17, 15) is 4.79 Å². The molecule has 0 bridgehead atoms. The summed E-state index contributed by atoms with van der Waals surface area (Å²) in [6.07, 6.45) is 2.59. The molecule has 5 heteroatoms. The number of hydrogen-bond acceptors (Lipinski definition) is 4. The van der Waals surface area contributed by atoms with E-state index in [0.717, 1.165) is 27.7 Å². The van der Waals surface area contributed by atoms with Crippen molar-refractivity contribution >= 4 is 17.3 Å². The molecule has 1 unspecified atom stereocenters. The molecule has 0 aromatic carbocycles. The smallest absolute Gasteiger partial charge is 0.314 e. The van der Waals surface area contributed by atoms with Gasteiger partial charge in [-0.15, -0.1) is 11.3 Å². The van der Waals surface area contributed by atoms with E-state index in [1.807, 2.05) is 32.2 Å². The first-order chi connectivity index (χ1) is 8.67. The lowest BCUT2D eigenvalue weighted by molar-refractivity contribution is -0.142. The van der Waals surface area contributed by atoms with Gasteiger partial charge in [0, 0.05) is 11.1 Å². The molecule has 0 aliphatic heterocycles. The zero-order chi connectivity index (χ0) is 13.1. The molecule has 0 radical (unpaired) electrons. The van der Waals surface area contributed by atoms with Gasteiger partial charge < -0.3 is 9.72 Å². The maximum Gasteiger partial charge on any atom is 0.314 e. The van der Waals surface area contributed by atoms with E-state index in [1.165, 1.54) is 7.11 Å². The molecule has 4 nitrogen and oxygen atoms in total. The van der Waals surface area contributed by atoms with Crippen molar-refractivity contribution in [1.82, 2.24) is 9.97 Å². The maximum atomic E-state index is 11.7. The van der Waals surface area contributed by atoms with E-state index in [4.69, 9.17) is 4.74 Å². The molecule has 2 aromatic rings. The summed E-state index contributed by atoms with van der Waals surface area (Å²) >= 11 is 1.55. The number of aryl methyl sites for hydroxylation is 1. The average Bonchev–Trinajstić information content (AvgIpc) is 3.00. The Kier molecular flexibility index (Phi) is 3.81. The predicted molar refractivity (Wildman–Crippen MR) is 71.7 cm³/mol. The van der Waals surface area contributed by atoms with E-state index in [-0.39, 0.29) is 11.9 Å². The molecule has 2 aromatic heterocycles. The van der Waals surface area contributed by atoms with E-state index in [1.54, 1.807) is 11.3 Å². The first-order valence-corrected chi connectivity index (χ1v) is 6.68. The van der Waals surface area contributed by atoms with Crippen LogP contribution in [0.5, 0.6) is 0 Å². The maximum absolute atomic E-state index is 11.7.